The van der Waals surface area contributed by atoms with Crippen molar-refractivity contribution in [3.05, 3.63) is 70.2 Å². The van der Waals surface area contributed by atoms with Gasteiger partial charge in [-0.2, -0.15) is 0 Å². The highest BCUT2D eigenvalue weighted by Gasteiger charge is 2.07. The van der Waals surface area contributed by atoms with Crippen LogP contribution < -0.4 is 0 Å². The van der Waals surface area contributed by atoms with E-state index in [0.29, 0.717) is 6.54 Å². The molecule has 2 aromatic carbocycles. The number of likely N-dealkylation sites (N-methyl/N-ethyl adjacent to an activating group) is 1. The molecule has 0 amide bonds. The summed E-state index contributed by atoms with van der Waals surface area (Å²) in [5.41, 5.74) is 3.15. The van der Waals surface area contributed by atoms with E-state index >= 15 is 0 Å². The highest BCUT2D eigenvalue weighted by Crippen LogP contribution is 2.16. The molecule has 110 valence electrons. The summed E-state index contributed by atoms with van der Waals surface area (Å²) in [6, 6.07) is 15.7. The third-order valence-corrected chi connectivity index (χ3v) is 3.45. The molecule has 2 nitrogen and oxygen atoms in total. The lowest BCUT2D eigenvalue weighted by molar-refractivity contribution is 0.138. The summed E-state index contributed by atoms with van der Waals surface area (Å²) >= 11 is 5.86. The number of aliphatic hydroxyl groups is 1. The van der Waals surface area contributed by atoms with Crippen LogP contribution in [0.2, 0.25) is 5.02 Å². The maximum atomic E-state index is 10.0. The third kappa shape index (κ3) is 5.01. The van der Waals surface area contributed by atoms with Crippen LogP contribution in [0.25, 0.3) is 12.2 Å². The van der Waals surface area contributed by atoms with Gasteiger partial charge in [0.25, 0.3) is 0 Å². The average Bonchev–Trinajstić information content (AvgIpc) is 2.46. The van der Waals surface area contributed by atoms with Gasteiger partial charge in [0.2, 0.25) is 0 Å². The Morgan fingerprint density at radius 3 is 1.90 bits per heavy atom. The molecule has 2 rings (SSSR count). The van der Waals surface area contributed by atoms with Crippen LogP contribution >= 0.6 is 11.6 Å². The number of nitrogens with zero attached hydrogens (tertiary/aromatic N) is 1. The van der Waals surface area contributed by atoms with Gasteiger partial charge >= 0.3 is 0 Å². The molecule has 0 aliphatic carbocycles. The maximum Gasteiger partial charge on any atom is 0.0916 e. The van der Waals surface area contributed by atoms with Crippen molar-refractivity contribution in [3.63, 3.8) is 0 Å². The Morgan fingerprint density at radius 2 is 1.43 bits per heavy atom. The van der Waals surface area contributed by atoms with E-state index in [4.69, 9.17) is 11.6 Å². The Balaban J connectivity index is 2.03. The molecule has 0 saturated heterocycles. The average molecular weight is 302 g/mol. The molecule has 2 aromatic rings. The predicted molar refractivity (Wildman–Crippen MR) is 90.3 cm³/mol. The molecule has 0 aliphatic rings. The molecule has 1 N–H and O–H groups in total. The lowest BCUT2D eigenvalue weighted by Gasteiger charge is -2.16. The second-order valence-electron chi connectivity index (χ2n) is 5.33. The van der Waals surface area contributed by atoms with Gasteiger partial charge in [0.05, 0.1) is 6.10 Å². The first-order chi connectivity index (χ1) is 10.0. The fraction of sp³-hybridized carbons (Fsp3) is 0.222. The second-order valence-corrected chi connectivity index (χ2v) is 5.77. The highest BCUT2D eigenvalue weighted by molar-refractivity contribution is 6.30. The van der Waals surface area contributed by atoms with Crippen molar-refractivity contribution < 1.29 is 5.11 Å². The summed E-state index contributed by atoms with van der Waals surface area (Å²) in [4.78, 5) is 1.97. The molecule has 0 aliphatic heterocycles. The van der Waals surface area contributed by atoms with Crippen molar-refractivity contribution in [2.45, 2.75) is 6.10 Å². The number of benzene rings is 2. The van der Waals surface area contributed by atoms with E-state index < -0.39 is 6.10 Å². The second kappa shape index (κ2) is 7.41. The predicted octanol–water partition coefficient (Wildman–Crippen LogP) is 4.11. The number of halogens is 1. The van der Waals surface area contributed by atoms with Gasteiger partial charge in [-0.05, 0) is 42.9 Å². The normalized spacial score (nSPS) is 13.0. The summed E-state index contributed by atoms with van der Waals surface area (Å²) in [5, 5.41) is 10.8. The molecule has 21 heavy (non-hydrogen) atoms. The van der Waals surface area contributed by atoms with Crippen molar-refractivity contribution in [3.8, 4) is 0 Å². The smallest absolute Gasteiger partial charge is 0.0916 e. The van der Waals surface area contributed by atoms with Gasteiger partial charge in [0.15, 0.2) is 0 Å². The largest absolute Gasteiger partial charge is 0.387 e. The van der Waals surface area contributed by atoms with Gasteiger partial charge in [-0.1, -0.05) is 60.2 Å². The van der Waals surface area contributed by atoms with E-state index in [1.807, 2.05) is 79.7 Å². The van der Waals surface area contributed by atoms with Crippen LogP contribution in [0.4, 0.5) is 0 Å². The maximum absolute atomic E-state index is 10.0. The van der Waals surface area contributed by atoms with Crippen LogP contribution in [0, 0.1) is 0 Å². The highest BCUT2D eigenvalue weighted by atomic mass is 35.5. The summed E-state index contributed by atoms with van der Waals surface area (Å²) in [7, 11) is 3.90. The molecule has 0 spiro atoms. The van der Waals surface area contributed by atoms with E-state index in [-0.39, 0.29) is 0 Å². The Bertz CT molecular complexity index is 588. The zero-order chi connectivity index (χ0) is 15.2. The van der Waals surface area contributed by atoms with Gasteiger partial charge in [0, 0.05) is 11.6 Å². The minimum Gasteiger partial charge on any atom is -0.387 e. The Morgan fingerprint density at radius 1 is 0.952 bits per heavy atom. The molecule has 0 radical (unpaired) electrons. The lowest BCUT2D eigenvalue weighted by atomic mass is 10.1. The molecule has 0 saturated carbocycles. The molecule has 0 unspecified atom stereocenters. The summed E-state index contributed by atoms with van der Waals surface area (Å²) in [5.74, 6) is 0. The van der Waals surface area contributed by atoms with Gasteiger partial charge in [-0.15, -0.1) is 0 Å². The number of aliphatic hydroxyl groups excluding tert-OH is 1. The first-order valence-electron chi connectivity index (χ1n) is 6.91. The molecule has 0 aromatic heterocycles. The van der Waals surface area contributed by atoms with Crippen LogP contribution in [0.5, 0.6) is 0 Å². The minimum absolute atomic E-state index is 0.450. The van der Waals surface area contributed by atoms with Crippen LogP contribution in [-0.4, -0.2) is 30.6 Å². The summed E-state index contributed by atoms with van der Waals surface area (Å²) in [6.07, 6.45) is 3.64. The molecule has 0 heterocycles. The van der Waals surface area contributed by atoms with E-state index in [1.165, 1.54) is 0 Å². The van der Waals surface area contributed by atoms with Gasteiger partial charge < -0.3 is 10.0 Å². The summed E-state index contributed by atoms with van der Waals surface area (Å²) < 4.78 is 0. The van der Waals surface area contributed by atoms with E-state index in [2.05, 4.69) is 0 Å². The fourth-order valence-corrected chi connectivity index (χ4v) is 2.17. The summed E-state index contributed by atoms with van der Waals surface area (Å²) in [6.45, 7) is 0.625. The Hall–Kier alpha value is -1.61. The van der Waals surface area contributed by atoms with Crippen molar-refractivity contribution in [2.75, 3.05) is 20.6 Å². The quantitative estimate of drug-likeness (QED) is 0.840. The monoisotopic (exact) mass is 301 g/mol. The molecular formula is C18H20ClNO. The zero-order valence-corrected chi connectivity index (χ0v) is 13.1. The van der Waals surface area contributed by atoms with E-state index in [0.717, 1.165) is 21.7 Å². The fourth-order valence-electron chi connectivity index (χ4n) is 2.05. The van der Waals surface area contributed by atoms with E-state index in [9.17, 15) is 5.11 Å². The number of hydrogen-bond acceptors (Lipinski definition) is 2. The minimum atomic E-state index is -0.450. The lowest BCUT2D eigenvalue weighted by Crippen LogP contribution is -2.19. The van der Waals surface area contributed by atoms with Crippen LogP contribution in [-0.2, 0) is 0 Å². The molecular weight excluding hydrogens is 282 g/mol. The third-order valence-electron chi connectivity index (χ3n) is 3.20. The molecule has 0 bridgehead atoms. The standard InChI is InChI=1S/C18H20ClNO/c1-20(2)13-18(21)16-9-5-14(6-10-16)3-4-15-7-11-17(19)12-8-15/h3-12,18,21H,13H2,1-2H3/b4-3+/t18-/m0/s1. The Labute approximate surface area is 131 Å². The van der Waals surface area contributed by atoms with Gasteiger partial charge in [-0.3, -0.25) is 0 Å². The van der Waals surface area contributed by atoms with Gasteiger partial charge in [-0.25, -0.2) is 0 Å². The van der Waals surface area contributed by atoms with E-state index in [1.54, 1.807) is 0 Å². The molecule has 3 heteroatoms. The molecule has 1 atom stereocenters. The molecule has 0 fully saturated rings. The zero-order valence-electron chi connectivity index (χ0n) is 12.3. The van der Waals surface area contributed by atoms with Crippen molar-refractivity contribution in [1.82, 2.24) is 4.90 Å². The van der Waals surface area contributed by atoms with Crippen molar-refractivity contribution in [1.29, 1.82) is 0 Å². The van der Waals surface area contributed by atoms with Gasteiger partial charge in [0.1, 0.15) is 0 Å². The SMILES string of the molecule is CN(C)C[C@H](O)c1ccc(/C=C/c2ccc(Cl)cc2)cc1. The van der Waals surface area contributed by atoms with Crippen molar-refractivity contribution >= 4 is 23.8 Å². The number of rotatable bonds is 5. The first kappa shape index (κ1) is 15.8. The topological polar surface area (TPSA) is 23.5 Å². The first-order valence-corrected chi connectivity index (χ1v) is 7.29. The van der Waals surface area contributed by atoms with Crippen LogP contribution in [0.3, 0.4) is 0 Å². The van der Waals surface area contributed by atoms with Crippen LogP contribution in [0.15, 0.2) is 48.5 Å². The van der Waals surface area contributed by atoms with Crippen molar-refractivity contribution in [2.24, 2.45) is 0 Å². The number of hydrogen-bond donors (Lipinski definition) is 1. The Kier molecular flexibility index (Phi) is 5.57. The van der Waals surface area contributed by atoms with Crippen LogP contribution in [0.1, 0.15) is 22.8 Å².